The summed E-state index contributed by atoms with van der Waals surface area (Å²) >= 11 is 0. The van der Waals surface area contributed by atoms with Crippen LogP contribution in [0.5, 0.6) is 0 Å². The first-order valence-electron chi connectivity index (χ1n) is 6.38. The van der Waals surface area contributed by atoms with E-state index in [9.17, 15) is 5.11 Å². The molecule has 1 saturated heterocycles. The van der Waals surface area contributed by atoms with Crippen molar-refractivity contribution in [3.8, 4) is 0 Å². The maximum Gasteiger partial charge on any atom is 0.0701 e. The molecule has 1 aliphatic heterocycles. The summed E-state index contributed by atoms with van der Waals surface area (Å²) in [6, 6.07) is 0. The molecule has 0 bridgehead atoms. The molecule has 1 heterocycles. The van der Waals surface area contributed by atoms with Gasteiger partial charge in [0, 0.05) is 20.2 Å². The van der Waals surface area contributed by atoms with Crippen molar-refractivity contribution in [2.45, 2.75) is 18.9 Å². The van der Waals surface area contributed by atoms with Gasteiger partial charge in [-0.15, -0.1) is 0 Å². The maximum absolute atomic E-state index is 9.49. The van der Waals surface area contributed by atoms with E-state index >= 15 is 0 Å². The van der Waals surface area contributed by atoms with Crippen LogP contribution < -0.4 is 0 Å². The zero-order valence-electron chi connectivity index (χ0n) is 10.8. The molecule has 102 valence electrons. The molecule has 0 radical (unpaired) electrons. The van der Waals surface area contributed by atoms with Crippen LogP contribution in [0, 0.1) is 0 Å². The van der Waals surface area contributed by atoms with Crippen LogP contribution in [-0.4, -0.2) is 75.9 Å². The molecule has 0 aromatic heterocycles. The average Bonchev–Trinajstić information content (AvgIpc) is 2.33. The zero-order valence-corrected chi connectivity index (χ0v) is 10.8. The number of hydrogen-bond acceptors (Lipinski definition) is 5. The van der Waals surface area contributed by atoms with Gasteiger partial charge in [0.25, 0.3) is 0 Å². The van der Waals surface area contributed by atoms with Crippen LogP contribution in [0.15, 0.2) is 0 Å². The quantitative estimate of drug-likeness (QED) is 0.587. The highest BCUT2D eigenvalue weighted by Gasteiger charge is 2.16. The number of aliphatic hydroxyl groups excluding tert-OH is 1. The first-order chi connectivity index (χ1) is 8.33. The van der Waals surface area contributed by atoms with E-state index in [0.717, 1.165) is 32.5 Å². The second kappa shape index (κ2) is 9.79. The van der Waals surface area contributed by atoms with Gasteiger partial charge in [0.15, 0.2) is 0 Å². The van der Waals surface area contributed by atoms with Crippen molar-refractivity contribution < 1.29 is 19.3 Å². The molecule has 1 fully saturated rings. The molecule has 0 aliphatic carbocycles. The summed E-state index contributed by atoms with van der Waals surface area (Å²) < 4.78 is 15.6. The minimum absolute atomic E-state index is 0.152. The number of rotatable bonds is 9. The predicted octanol–water partition coefficient (Wildman–Crippen LogP) is 0.123. The van der Waals surface area contributed by atoms with Gasteiger partial charge in [-0.1, -0.05) is 0 Å². The number of ether oxygens (including phenoxy) is 3. The second-order valence-electron chi connectivity index (χ2n) is 4.31. The van der Waals surface area contributed by atoms with Crippen molar-refractivity contribution in [3.05, 3.63) is 0 Å². The SMILES string of the molecule is COCCOCCOCCN1CCC[C@H](O)C1. The van der Waals surface area contributed by atoms with Crippen LogP contribution in [0.3, 0.4) is 0 Å². The fraction of sp³-hybridized carbons (Fsp3) is 1.00. The highest BCUT2D eigenvalue weighted by Crippen LogP contribution is 2.08. The average molecular weight is 247 g/mol. The van der Waals surface area contributed by atoms with Gasteiger partial charge < -0.3 is 19.3 Å². The number of hydrogen-bond donors (Lipinski definition) is 1. The Labute approximate surface area is 104 Å². The standard InChI is InChI=1S/C12H25NO4/c1-15-7-8-17-10-9-16-6-5-13-4-2-3-12(14)11-13/h12,14H,2-11H2,1H3/t12-/m0/s1. The molecule has 0 saturated carbocycles. The Hall–Kier alpha value is -0.200. The lowest BCUT2D eigenvalue weighted by molar-refractivity contribution is 0.0104. The summed E-state index contributed by atoms with van der Waals surface area (Å²) in [6.45, 7) is 5.96. The van der Waals surface area contributed by atoms with Gasteiger partial charge in [0.1, 0.15) is 0 Å². The summed E-state index contributed by atoms with van der Waals surface area (Å²) in [6.07, 6.45) is 1.87. The van der Waals surface area contributed by atoms with E-state index in [-0.39, 0.29) is 6.10 Å². The molecule has 0 aromatic carbocycles. The fourth-order valence-electron chi connectivity index (χ4n) is 1.89. The first kappa shape index (κ1) is 14.9. The number of β-amino-alcohol motifs (C(OH)–C–C–N with tert-alkyl or cyclic N) is 1. The Morgan fingerprint density at radius 2 is 1.82 bits per heavy atom. The van der Waals surface area contributed by atoms with Gasteiger partial charge in [-0.2, -0.15) is 0 Å². The number of methoxy groups -OCH3 is 1. The van der Waals surface area contributed by atoms with E-state index in [0.29, 0.717) is 33.0 Å². The summed E-state index contributed by atoms with van der Waals surface area (Å²) in [4.78, 5) is 2.25. The third-order valence-corrected chi connectivity index (χ3v) is 2.84. The monoisotopic (exact) mass is 247 g/mol. The Morgan fingerprint density at radius 3 is 2.53 bits per heavy atom. The van der Waals surface area contributed by atoms with Crippen molar-refractivity contribution in [1.29, 1.82) is 0 Å². The van der Waals surface area contributed by atoms with E-state index in [2.05, 4.69) is 4.90 Å². The molecule has 0 spiro atoms. The van der Waals surface area contributed by atoms with Crippen molar-refractivity contribution in [2.75, 3.05) is 59.8 Å². The summed E-state index contributed by atoms with van der Waals surface area (Å²) in [5.74, 6) is 0. The lowest BCUT2D eigenvalue weighted by atomic mass is 10.1. The Bertz CT molecular complexity index is 180. The molecule has 1 aliphatic rings. The molecular formula is C12H25NO4. The first-order valence-corrected chi connectivity index (χ1v) is 6.38. The highest BCUT2D eigenvalue weighted by atomic mass is 16.5. The molecule has 1 atom stereocenters. The minimum Gasteiger partial charge on any atom is -0.392 e. The molecule has 5 heteroatoms. The molecule has 0 unspecified atom stereocenters. The maximum atomic E-state index is 9.49. The predicted molar refractivity (Wildman–Crippen MR) is 65.2 cm³/mol. The number of likely N-dealkylation sites (tertiary alicyclic amines) is 1. The molecule has 5 nitrogen and oxygen atoms in total. The van der Waals surface area contributed by atoms with Crippen LogP contribution >= 0.6 is 0 Å². The van der Waals surface area contributed by atoms with Crippen molar-refractivity contribution in [3.63, 3.8) is 0 Å². The molecule has 17 heavy (non-hydrogen) atoms. The van der Waals surface area contributed by atoms with E-state index in [4.69, 9.17) is 14.2 Å². The van der Waals surface area contributed by atoms with Crippen LogP contribution in [0.1, 0.15) is 12.8 Å². The third kappa shape index (κ3) is 7.68. The van der Waals surface area contributed by atoms with E-state index in [1.54, 1.807) is 7.11 Å². The molecule has 1 N–H and O–H groups in total. The van der Waals surface area contributed by atoms with Crippen LogP contribution in [0.4, 0.5) is 0 Å². The van der Waals surface area contributed by atoms with E-state index in [1.165, 1.54) is 0 Å². The van der Waals surface area contributed by atoms with E-state index < -0.39 is 0 Å². The van der Waals surface area contributed by atoms with Gasteiger partial charge in [-0.05, 0) is 19.4 Å². The Balaban J connectivity index is 1.83. The third-order valence-electron chi connectivity index (χ3n) is 2.84. The van der Waals surface area contributed by atoms with Crippen molar-refractivity contribution in [1.82, 2.24) is 4.90 Å². The summed E-state index contributed by atoms with van der Waals surface area (Å²) in [5, 5.41) is 9.49. The smallest absolute Gasteiger partial charge is 0.0701 e. The lowest BCUT2D eigenvalue weighted by Gasteiger charge is -2.29. The number of piperidine rings is 1. The topological polar surface area (TPSA) is 51.2 Å². The summed E-state index contributed by atoms with van der Waals surface area (Å²) in [7, 11) is 1.66. The largest absolute Gasteiger partial charge is 0.392 e. The van der Waals surface area contributed by atoms with Gasteiger partial charge >= 0.3 is 0 Å². The van der Waals surface area contributed by atoms with E-state index in [1.807, 2.05) is 0 Å². The zero-order chi connectivity index (χ0) is 12.3. The number of nitrogens with zero attached hydrogens (tertiary/aromatic N) is 1. The van der Waals surface area contributed by atoms with Crippen molar-refractivity contribution >= 4 is 0 Å². The summed E-state index contributed by atoms with van der Waals surface area (Å²) in [5.41, 5.74) is 0. The Kier molecular flexibility index (Phi) is 8.56. The van der Waals surface area contributed by atoms with Gasteiger partial charge in [0.05, 0.1) is 39.1 Å². The molecule has 1 rings (SSSR count). The van der Waals surface area contributed by atoms with Crippen molar-refractivity contribution in [2.24, 2.45) is 0 Å². The van der Waals surface area contributed by atoms with Crippen LogP contribution in [-0.2, 0) is 14.2 Å². The second-order valence-corrected chi connectivity index (χ2v) is 4.31. The molecule has 0 aromatic rings. The minimum atomic E-state index is -0.152. The fourth-order valence-corrected chi connectivity index (χ4v) is 1.89. The number of aliphatic hydroxyl groups is 1. The molecule has 0 amide bonds. The normalized spacial score (nSPS) is 21.9. The van der Waals surface area contributed by atoms with Gasteiger partial charge in [0.2, 0.25) is 0 Å². The lowest BCUT2D eigenvalue weighted by Crippen LogP contribution is -2.40. The van der Waals surface area contributed by atoms with Crippen LogP contribution in [0.25, 0.3) is 0 Å². The highest BCUT2D eigenvalue weighted by molar-refractivity contribution is 4.71. The molecular weight excluding hydrogens is 222 g/mol. The van der Waals surface area contributed by atoms with Gasteiger partial charge in [-0.25, -0.2) is 0 Å². The Morgan fingerprint density at radius 1 is 1.12 bits per heavy atom. The van der Waals surface area contributed by atoms with Gasteiger partial charge in [-0.3, -0.25) is 4.90 Å². The van der Waals surface area contributed by atoms with Crippen LogP contribution in [0.2, 0.25) is 0 Å².